The Bertz CT molecular complexity index is 986. The molecule has 0 saturated heterocycles. The fourth-order valence-corrected chi connectivity index (χ4v) is 11.3. The molecule has 46 heavy (non-hydrogen) atoms. The van der Waals surface area contributed by atoms with Gasteiger partial charge in [0.2, 0.25) is 0 Å². The number of hydrogen-bond donors (Lipinski definition) is 0. The molecule has 264 valence electrons. The minimum absolute atomic E-state index is 0.0412. The number of fused-ring (bicyclic) bond motifs is 5. The molecule has 4 rings (SSSR count). The van der Waals surface area contributed by atoms with E-state index in [9.17, 15) is 9.59 Å². The minimum atomic E-state index is -0.283. The van der Waals surface area contributed by atoms with Crippen molar-refractivity contribution in [3.63, 3.8) is 0 Å². The second kappa shape index (κ2) is 17.4. The van der Waals surface area contributed by atoms with Gasteiger partial charge < -0.3 is 9.47 Å². The molecule has 0 heterocycles. The molecule has 4 aliphatic rings. The number of carbonyl (C=O) groups is 2. The van der Waals surface area contributed by atoms with Crippen molar-refractivity contribution in [2.24, 2.45) is 52.3 Å². The molecule has 0 amide bonds. The van der Waals surface area contributed by atoms with E-state index in [1.165, 1.54) is 89.9 Å². The van der Waals surface area contributed by atoms with E-state index < -0.39 is 0 Å². The van der Waals surface area contributed by atoms with E-state index in [2.05, 4.69) is 41.2 Å². The average Bonchev–Trinajstić information content (AvgIpc) is 3.37. The van der Waals surface area contributed by atoms with Crippen LogP contribution in [0.2, 0.25) is 0 Å². The van der Waals surface area contributed by atoms with Crippen molar-refractivity contribution in [2.45, 2.75) is 182 Å². The molecule has 0 aromatic heterocycles. The van der Waals surface area contributed by atoms with Crippen LogP contribution in [0.1, 0.15) is 176 Å². The Kier molecular flexibility index (Phi) is 14.2. The summed E-state index contributed by atoms with van der Waals surface area (Å²) in [6, 6.07) is 0. The van der Waals surface area contributed by atoms with E-state index in [4.69, 9.17) is 9.47 Å². The van der Waals surface area contributed by atoms with E-state index in [-0.39, 0.29) is 18.0 Å². The van der Waals surface area contributed by atoms with Gasteiger partial charge in [0, 0.05) is 12.0 Å². The molecule has 0 spiro atoms. The summed E-state index contributed by atoms with van der Waals surface area (Å²) in [4.78, 5) is 24.2. The lowest BCUT2D eigenvalue weighted by Gasteiger charge is -2.61. The molecule has 4 nitrogen and oxygen atoms in total. The van der Waals surface area contributed by atoms with Crippen molar-refractivity contribution in [1.82, 2.24) is 0 Å². The molecule has 9 atom stereocenters. The summed E-state index contributed by atoms with van der Waals surface area (Å²) in [6.45, 7) is 18.5. The maximum Gasteiger partial charge on any atom is 0.333 e. The monoisotopic (exact) mass is 641 g/mol. The third-order valence-corrected chi connectivity index (χ3v) is 14.0. The summed E-state index contributed by atoms with van der Waals surface area (Å²) in [5, 5.41) is 0. The first-order valence-corrected chi connectivity index (χ1v) is 20.0. The molecule has 5 unspecified atom stereocenters. The molecule has 4 heteroatoms. The van der Waals surface area contributed by atoms with Gasteiger partial charge >= 0.3 is 11.9 Å². The topological polar surface area (TPSA) is 52.6 Å². The van der Waals surface area contributed by atoms with Crippen molar-refractivity contribution in [2.75, 3.05) is 6.61 Å². The number of rotatable bonds is 18. The van der Waals surface area contributed by atoms with Gasteiger partial charge in [-0.3, -0.25) is 4.79 Å². The van der Waals surface area contributed by atoms with Gasteiger partial charge in [-0.2, -0.15) is 0 Å². The molecular weight excluding hydrogens is 568 g/mol. The lowest BCUT2D eigenvalue weighted by molar-refractivity contribution is -0.163. The first-order chi connectivity index (χ1) is 22.0. The van der Waals surface area contributed by atoms with Crippen LogP contribution in [-0.2, 0) is 19.1 Å². The van der Waals surface area contributed by atoms with E-state index >= 15 is 0 Å². The number of ether oxygens (including phenoxy) is 2. The summed E-state index contributed by atoms with van der Waals surface area (Å²) in [5.41, 5.74) is 1.48. The third-order valence-electron chi connectivity index (χ3n) is 14.0. The number of carbonyl (C=O) groups excluding carboxylic acids is 2. The highest BCUT2D eigenvalue weighted by atomic mass is 16.5. The first-order valence-electron chi connectivity index (χ1n) is 20.0. The van der Waals surface area contributed by atoms with Crippen LogP contribution in [0.25, 0.3) is 0 Å². The maximum atomic E-state index is 12.8. The summed E-state index contributed by atoms with van der Waals surface area (Å²) in [5.74, 6) is 5.89. The van der Waals surface area contributed by atoms with Gasteiger partial charge in [-0.25, -0.2) is 4.79 Å². The lowest BCUT2D eigenvalue weighted by atomic mass is 9.44. The predicted octanol–water partition coefficient (Wildman–Crippen LogP) is 11.6. The quantitative estimate of drug-likeness (QED) is 0.0849. The fraction of sp³-hybridized carbons (Fsp3) is 0.905. The summed E-state index contributed by atoms with van der Waals surface area (Å²) < 4.78 is 11.3. The molecule has 0 aromatic rings. The van der Waals surface area contributed by atoms with Crippen molar-refractivity contribution < 1.29 is 19.1 Å². The third kappa shape index (κ3) is 9.43. The second-order valence-corrected chi connectivity index (χ2v) is 17.6. The Hall–Kier alpha value is -1.32. The van der Waals surface area contributed by atoms with Crippen LogP contribution in [0.3, 0.4) is 0 Å². The second-order valence-electron chi connectivity index (χ2n) is 17.6. The predicted molar refractivity (Wildman–Crippen MR) is 190 cm³/mol. The minimum Gasteiger partial charge on any atom is -0.462 e. The molecule has 0 aromatic carbocycles. The number of hydrogen-bond acceptors (Lipinski definition) is 4. The normalized spacial score (nSPS) is 34.3. The number of unbranched alkanes of at least 4 members (excludes halogenated alkanes) is 7. The Balaban J connectivity index is 1.12. The zero-order valence-corrected chi connectivity index (χ0v) is 31.0. The Morgan fingerprint density at radius 1 is 0.761 bits per heavy atom. The van der Waals surface area contributed by atoms with Gasteiger partial charge in [-0.05, 0) is 130 Å². The molecule has 0 bridgehead atoms. The van der Waals surface area contributed by atoms with Gasteiger partial charge in [0.1, 0.15) is 6.10 Å². The molecule has 0 aliphatic heterocycles. The SMILES string of the molecule is C=C(C)C(=O)OCCCCCCCCCCC(=O)OC1CC[C@@]2(C)C(CCC3C2CC[C@@]2(C)C3CC[C@@H]2[C@H](C)CCCC(C)C)C1. The lowest BCUT2D eigenvalue weighted by Crippen LogP contribution is -2.54. The zero-order chi connectivity index (χ0) is 33.3. The average molecular weight is 641 g/mol. The summed E-state index contributed by atoms with van der Waals surface area (Å²) >= 11 is 0. The summed E-state index contributed by atoms with van der Waals surface area (Å²) in [7, 11) is 0. The van der Waals surface area contributed by atoms with Crippen LogP contribution >= 0.6 is 0 Å². The zero-order valence-electron chi connectivity index (χ0n) is 31.0. The van der Waals surface area contributed by atoms with Crippen LogP contribution in [0.15, 0.2) is 12.2 Å². The van der Waals surface area contributed by atoms with Crippen molar-refractivity contribution in [3.05, 3.63) is 12.2 Å². The van der Waals surface area contributed by atoms with Gasteiger partial charge in [-0.15, -0.1) is 0 Å². The van der Waals surface area contributed by atoms with E-state index in [1.54, 1.807) is 6.92 Å². The molecular formula is C42H72O4. The highest BCUT2D eigenvalue weighted by Crippen LogP contribution is 2.68. The van der Waals surface area contributed by atoms with Crippen LogP contribution in [-0.4, -0.2) is 24.6 Å². The van der Waals surface area contributed by atoms with Crippen LogP contribution in [0.4, 0.5) is 0 Å². The number of esters is 2. The van der Waals surface area contributed by atoms with Crippen LogP contribution < -0.4 is 0 Å². The molecule has 4 fully saturated rings. The fourth-order valence-electron chi connectivity index (χ4n) is 11.3. The maximum absolute atomic E-state index is 12.8. The highest BCUT2D eigenvalue weighted by molar-refractivity contribution is 5.86. The first kappa shape index (κ1) is 37.5. The molecule has 0 N–H and O–H groups in total. The van der Waals surface area contributed by atoms with Gasteiger partial charge in [0.25, 0.3) is 0 Å². The van der Waals surface area contributed by atoms with Gasteiger partial charge in [0.15, 0.2) is 0 Å². The van der Waals surface area contributed by atoms with E-state index in [1.807, 2.05) is 0 Å². The van der Waals surface area contributed by atoms with Crippen molar-refractivity contribution in [1.29, 1.82) is 0 Å². The van der Waals surface area contributed by atoms with Crippen LogP contribution in [0, 0.1) is 52.3 Å². The standard InChI is InChI=1S/C42H72O4/c1-30(2)17-16-18-32(5)36-22-23-37-35-21-20-33-29-34(24-26-41(33,6)38(35)25-27-42(36,37)7)46-39(43)19-14-12-10-8-9-11-13-15-28-45-40(44)31(3)4/h30,32-38H,3,8-29H2,1-2,4-7H3/t32-,33?,34?,35?,36-,37?,38?,41+,42-/m1/s1. The molecule has 4 saturated carbocycles. The van der Waals surface area contributed by atoms with Crippen molar-refractivity contribution >= 4 is 11.9 Å². The summed E-state index contributed by atoms with van der Waals surface area (Å²) in [6.07, 6.45) is 25.9. The highest BCUT2D eigenvalue weighted by Gasteiger charge is 2.60. The smallest absolute Gasteiger partial charge is 0.333 e. The Morgan fingerprint density at radius 3 is 2.11 bits per heavy atom. The van der Waals surface area contributed by atoms with Gasteiger partial charge in [-0.1, -0.05) is 99.0 Å². The van der Waals surface area contributed by atoms with Crippen molar-refractivity contribution in [3.8, 4) is 0 Å². The molecule has 4 aliphatic carbocycles. The van der Waals surface area contributed by atoms with E-state index in [0.29, 0.717) is 29.4 Å². The Labute approximate surface area is 284 Å². The van der Waals surface area contributed by atoms with Crippen LogP contribution in [0.5, 0.6) is 0 Å². The van der Waals surface area contributed by atoms with E-state index in [0.717, 1.165) is 80.0 Å². The van der Waals surface area contributed by atoms with Gasteiger partial charge in [0.05, 0.1) is 6.61 Å². The molecule has 0 radical (unpaired) electrons. The largest absolute Gasteiger partial charge is 0.462 e. The Morgan fingerprint density at radius 2 is 1.41 bits per heavy atom.